The Labute approximate surface area is 162 Å². The third-order valence-electron chi connectivity index (χ3n) is 4.41. The maximum atomic E-state index is 12.7. The van der Waals surface area contributed by atoms with Crippen LogP contribution in [-0.2, 0) is 15.1 Å². The largest absolute Gasteiger partial charge is 0.573 e. The van der Waals surface area contributed by atoms with Crippen LogP contribution >= 0.6 is 0 Å². The number of amides is 6. The molecule has 1 saturated heterocycles. The quantitative estimate of drug-likeness (QED) is 0.629. The predicted molar refractivity (Wildman–Crippen MR) is 90.4 cm³/mol. The number of benzene rings is 1. The average Bonchev–Trinajstić information content (AvgIpc) is 3.38. The molecule has 0 bridgehead atoms. The van der Waals surface area contributed by atoms with Crippen LogP contribution in [0.2, 0.25) is 0 Å². The van der Waals surface area contributed by atoms with Crippen LogP contribution in [0.15, 0.2) is 24.3 Å². The van der Waals surface area contributed by atoms with Crippen molar-refractivity contribution in [1.29, 1.82) is 0 Å². The molecule has 9 nitrogen and oxygen atoms in total. The van der Waals surface area contributed by atoms with Gasteiger partial charge in [-0.25, -0.2) is 9.59 Å². The Hall–Kier alpha value is -3.31. The molecule has 1 unspecified atom stereocenters. The molecule has 2 fully saturated rings. The number of hydrogen-bond acceptors (Lipinski definition) is 5. The molecule has 156 valence electrons. The van der Waals surface area contributed by atoms with E-state index in [2.05, 4.69) is 15.4 Å². The zero-order valence-electron chi connectivity index (χ0n) is 15.1. The van der Waals surface area contributed by atoms with Gasteiger partial charge >= 0.3 is 18.4 Å². The third kappa shape index (κ3) is 4.76. The van der Waals surface area contributed by atoms with Gasteiger partial charge in [-0.15, -0.1) is 13.2 Å². The van der Waals surface area contributed by atoms with E-state index in [1.165, 1.54) is 19.1 Å². The molecule has 3 N–H and O–H groups in total. The van der Waals surface area contributed by atoms with Crippen LogP contribution in [0.4, 0.5) is 22.8 Å². The minimum Gasteiger partial charge on any atom is -0.406 e. The number of hydrogen-bond donors (Lipinski definition) is 3. The second-order valence-corrected chi connectivity index (χ2v) is 6.81. The molecule has 6 amide bonds. The van der Waals surface area contributed by atoms with Gasteiger partial charge in [0.2, 0.25) is 5.91 Å². The minimum absolute atomic E-state index is 0.0205. The molecule has 2 aliphatic rings. The summed E-state index contributed by atoms with van der Waals surface area (Å²) in [4.78, 5) is 49.1. The summed E-state index contributed by atoms with van der Waals surface area (Å²) >= 11 is 0. The fourth-order valence-corrected chi connectivity index (χ4v) is 2.79. The van der Waals surface area contributed by atoms with Crippen LogP contribution in [0.5, 0.6) is 5.75 Å². The molecule has 1 atom stereocenters. The zero-order valence-corrected chi connectivity index (χ0v) is 15.1. The van der Waals surface area contributed by atoms with Gasteiger partial charge in [0.25, 0.3) is 5.91 Å². The SMILES string of the molecule is CC1(c2ccc(OC(F)(F)F)cc2)NC(=O)N(CC(=O)NC(=O)NC2CC2)C1=O. The molecule has 0 radical (unpaired) electrons. The number of nitrogens with one attached hydrogen (secondary N) is 3. The lowest BCUT2D eigenvalue weighted by molar-refractivity contribution is -0.274. The van der Waals surface area contributed by atoms with Gasteiger partial charge in [0.15, 0.2) is 0 Å². The molecule has 3 rings (SSSR count). The molecular formula is C17H17F3N4O5. The van der Waals surface area contributed by atoms with E-state index in [0.717, 1.165) is 25.0 Å². The Kier molecular flexibility index (Phi) is 5.11. The molecule has 0 spiro atoms. The standard InChI is InChI=1S/C17H17F3N4O5/c1-16(9-2-6-11(7-3-9)29-17(18,19)20)13(26)24(15(28)23-16)8-12(25)22-14(27)21-10-4-5-10/h2-3,6-7,10H,4-5,8H2,1H3,(H,23,28)(H2,21,22,25,27). The normalized spacial score (nSPS) is 21.6. The number of urea groups is 2. The number of imide groups is 2. The summed E-state index contributed by atoms with van der Waals surface area (Å²) in [6, 6.07) is 2.85. The van der Waals surface area contributed by atoms with Gasteiger partial charge in [0.1, 0.15) is 17.8 Å². The van der Waals surface area contributed by atoms with Gasteiger partial charge in [-0.05, 0) is 37.5 Å². The molecular weight excluding hydrogens is 397 g/mol. The maximum absolute atomic E-state index is 12.7. The van der Waals surface area contributed by atoms with Crippen molar-refractivity contribution in [2.24, 2.45) is 0 Å². The highest BCUT2D eigenvalue weighted by molar-refractivity contribution is 6.10. The van der Waals surface area contributed by atoms with Crippen molar-refractivity contribution < 1.29 is 37.1 Å². The second kappa shape index (κ2) is 7.26. The highest BCUT2D eigenvalue weighted by Gasteiger charge is 2.49. The molecule has 1 saturated carbocycles. The molecule has 0 aromatic heterocycles. The van der Waals surface area contributed by atoms with Crippen molar-refractivity contribution in [3.8, 4) is 5.75 Å². The summed E-state index contributed by atoms with van der Waals surface area (Å²) in [6.45, 7) is 0.665. The van der Waals surface area contributed by atoms with Crippen molar-refractivity contribution >= 4 is 23.9 Å². The molecule has 1 aromatic carbocycles. The van der Waals surface area contributed by atoms with Gasteiger partial charge in [-0.3, -0.25) is 19.8 Å². The number of rotatable bonds is 5. The summed E-state index contributed by atoms with van der Waals surface area (Å²) in [6.07, 6.45) is -3.22. The van der Waals surface area contributed by atoms with E-state index in [1.807, 2.05) is 5.32 Å². The van der Waals surface area contributed by atoms with Gasteiger partial charge < -0.3 is 15.4 Å². The van der Waals surface area contributed by atoms with Crippen LogP contribution in [-0.4, -0.2) is 47.7 Å². The Morgan fingerprint density at radius 1 is 1.24 bits per heavy atom. The summed E-state index contributed by atoms with van der Waals surface area (Å²) in [5.41, 5.74) is -1.40. The minimum atomic E-state index is -4.86. The number of carbonyl (C=O) groups is 4. The lowest BCUT2D eigenvalue weighted by Gasteiger charge is -2.22. The van der Waals surface area contributed by atoms with Gasteiger partial charge in [-0.2, -0.15) is 0 Å². The molecule has 1 heterocycles. The average molecular weight is 414 g/mol. The van der Waals surface area contributed by atoms with Crippen molar-refractivity contribution in [1.82, 2.24) is 20.9 Å². The summed E-state index contributed by atoms with van der Waals surface area (Å²) < 4.78 is 40.6. The zero-order chi connectivity index (χ0) is 21.4. The highest BCUT2D eigenvalue weighted by atomic mass is 19.4. The van der Waals surface area contributed by atoms with E-state index in [1.54, 1.807) is 0 Å². The van der Waals surface area contributed by atoms with Gasteiger partial charge in [0, 0.05) is 6.04 Å². The van der Waals surface area contributed by atoms with E-state index in [0.29, 0.717) is 4.90 Å². The topological polar surface area (TPSA) is 117 Å². The summed E-state index contributed by atoms with van der Waals surface area (Å²) in [7, 11) is 0. The third-order valence-corrected chi connectivity index (χ3v) is 4.41. The monoisotopic (exact) mass is 414 g/mol. The second-order valence-electron chi connectivity index (χ2n) is 6.81. The maximum Gasteiger partial charge on any atom is 0.573 e. The number of carbonyl (C=O) groups excluding carboxylic acids is 4. The van der Waals surface area contributed by atoms with Crippen molar-refractivity contribution in [3.63, 3.8) is 0 Å². The fourth-order valence-electron chi connectivity index (χ4n) is 2.79. The first-order chi connectivity index (χ1) is 13.5. The summed E-state index contributed by atoms with van der Waals surface area (Å²) in [5.74, 6) is -2.13. The molecule has 1 aliphatic carbocycles. The highest BCUT2D eigenvalue weighted by Crippen LogP contribution is 2.31. The number of alkyl halides is 3. The summed E-state index contributed by atoms with van der Waals surface area (Å²) in [5, 5.41) is 6.97. The van der Waals surface area contributed by atoms with Crippen LogP contribution in [0.1, 0.15) is 25.3 Å². The van der Waals surface area contributed by atoms with Crippen LogP contribution < -0.4 is 20.7 Å². The lowest BCUT2D eigenvalue weighted by Crippen LogP contribution is -2.47. The first-order valence-corrected chi connectivity index (χ1v) is 8.59. The smallest absolute Gasteiger partial charge is 0.406 e. The molecule has 1 aliphatic heterocycles. The van der Waals surface area contributed by atoms with Gasteiger partial charge in [-0.1, -0.05) is 12.1 Å². The Morgan fingerprint density at radius 3 is 2.41 bits per heavy atom. The van der Waals surface area contributed by atoms with Crippen molar-refractivity contribution in [2.45, 2.75) is 37.7 Å². The Balaban J connectivity index is 1.66. The van der Waals surface area contributed by atoms with Crippen molar-refractivity contribution in [3.05, 3.63) is 29.8 Å². The van der Waals surface area contributed by atoms with E-state index >= 15 is 0 Å². The van der Waals surface area contributed by atoms with E-state index in [4.69, 9.17) is 0 Å². The fraction of sp³-hybridized carbons (Fsp3) is 0.412. The van der Waals surface area contributed by atoms with E-state index in [9.17, 15) is 32.3 Å². The molecule has 29 heavy (non-hydrogen) atoms. The number of ether oxygens (including phenoxy) is 1. The van der Waals surface area contributed by atoms with Crippen LogP contribution in [0.3, 0.4) is 0 Å². The van der Waals surface area contributed by atoms with Gasteiger partial charge in [0.05, 0.1) is 0 Å². The van der Waals surface area contributed by atoms with Crippen LogP contribution in [0, 0.1) is 0 Å². The predicted octanol–water partition coefficient (Wildman–Crippen LogP) is 1.34. The van der Waals surface area contributed by atoms with Crippen molar-refractivity contribution in [2.75, 3.05) is 6.54 Å². The Morgan fingerprint density at radius 2 is 1.86 bits per heavy atom. The van der Waals surface area contributed by atoms with E-state index < -0.39 is 48.1 Å². The van der Waals surface area contributed by atoms with Crippen LogP contribution in [0.25, 0.3) is 0 Å². The lowest BCUT2D eigenvalue weighted by atomic mass is 9.92. The molecule has 1 aromatic rings. The first-order valence-electron chi connectivity index (χ1n) is 8.59. The van der Waals surface area contributed by atoms with E-state index in [-0.39, 0.29) is 11.6 Å². The molecule has 12 heteroatoms. The number of nitrogens with zero attached hydrogens (tertiary/aromatic N) is 1. The Bertz CT molecular complexity index is 854. The number of halogens is 3. The first kappa shape index (κ1) is 20.4.